The molecule has 176 valence electrons. The molecule has 2 aromatic heterocycles. The van der Waals surface area contributed by atoms with Crippen LogP contribution in [0.15, 0.2) is 40.8 Å². The number of carbonyl (C=O) groups is 2. The summed E-state index contributed by atoms with van der Waals surface area (Å²) in [5.41, 5.74) is 3.99. The third-order valence-corrected chi connectivity index (χ3v) is 6.44. The Bertz CT molecular complexity index is 1370. The lowest BCUT2D eigenvalue weighted by atomic mass is 10.1. The van der Waals surface area contributed by atoms with Gasteiger partial charge in [-0.05, 0) is 45.4 Å². The van der Waals surface area contributed by atoms with E-state index in [1.54, 1.807) is 6.92 Å². The molecule has 0 spiro atoms. The quantitative estimate of drug-likeness (QED) is 0.318. The van der Waals surface area contributed by atoms with Gasteiger partial charge in [-0.1, -0.05) is 29.8 Å². The number of amides is 1. The molecular formula is C26H26N2O5S. The molecule has 7 nitrogen and oxygen atoms in total. The van der Waals surface area contributed by atoms with Crippen molar-refractivity contribution in [1.29, 1.82) is 0 Å². The highest BCUT2D eigenvalue weighted by atomic mass is 32.1. The van der Waals surface area contributed by atoms with Gasteiger partial charge in [-0.3, -0.25) is 4.79 Å². The van der Waals surface area contributed by atoms with Crippen molar-refractivity contribution in [2.45, 2.75) is 41.2 Å². The van der Waals surface area contributed by atoms with E-state index < -0.39 is 5.97 Å². The molecule has 4 rings (SSSR count). The van der Waals surface area contributed by atoms with Gasteiger partial charge in [0.25, 0.3) is 0 Å². The highest BCUT2D eigenvalue weighted by Crippen LogP contribution is 2.43. The molecule has 0 aliphatic rings. The maximum Gasteiger partial charge on any atom is 0.341 e. The summed E-state index contributed by atoms with van der Waals surface area (Å²) in [6, 6.07) is 11.7. The number of rotatable bonds is 7. The molecule has 0 saturated heterocycles. The average Bonchev–Trinajstić information content (AvgIpc) is 3.33. The van der Waals surface area contributed by atoms with Crippen LogP contribution in [0.5, 0.6) is 5.75 Å². The fourth-order valence-electron chi connectivity index (χ4n) is 3.59. The number of hydrogen-bond donors (Lipinski definition) is 1. The second kappa shape index (κ2) is 9.69. The largest absolute Gasteiger partial charge is 0.485 e. The zero-order chi connectivity index (χ0) is 24.4. The van der Waals surface area contributed by atoms with Gasteiger partial charge in [0.1, 0.15) is 34.4 Å². The van der Waals surface area contributed by atoms with Gasteiger partial charge in [0.05, 0.1) is 11.3 Å². The van der Waals surface area contributed by atoms with Gasteiger partial charge in [0, 0.05) is 17.9 Å². The van der Waals surface area contributed by atoms with Crippen molar-refractivity contribution in [3.05, 3.63) is 64.5 Å². The second-order valence-corrected chi connectivity index (χ2v) is 8.99. The molecule has 2 heterocycles. The lowest BCUT2D eigenvalue weighted by molar-refractivity contribution is -0.114. The summed E-state index contributed by atoms with van der Waals surface area (Å²) >= 11 is 1.29. The van der Waals surface area contributed by atoms with Crippen LogP contribution in [-0.4, -0.2) is 23.5 Å². The lowest BCUT2D eigenvalue weighted by Crippen LogP contribution is -2.10. The normalized spacial score (nSPS) is 11.0. The van der Waals surface area contributed by atoms with Crippen molar-refractivity contribution in [3.63, 3.8) is 0 Å². The van der Waals surface area contributed by atoms with Crippen molar-refractivity contribution >= 4 is 38.3 Å². The molecule has 34 heavy (non-hydrogen) atoms. The molecule has 0 bridgehead atoms. The summed E-state index contributed by atoms with van der Waals surface area (Å²) in [7, 11) is 0. The monoisotopic (exact) mass is 478 g/mol. The standard InChI is InChI=1S/C26H26N2O5S/c1-6-31-26(30)21-19-12-9-15(3)22(23(19)34-25(21)27-17(5)29)32-13-20-16(4)33-24(28-20)18-10-7-14(2)8-11-18/h7-12H,6,13H2,1-5H3,(H,27,29). The number of fused-ring (bicyclic) bond motifs is 1. The Hall–Kier alpha value is -3.65. The number of ether oxygens (including phenoxy) is 2. The third kappa shape index (κ3) is 4.68. The van der Waals surface area contributed by atoms with E-state index in [9.17, 15) is 9.59 Å². The Morgan fingerprint density at radius 2 is 1.82 bits per heavy atom. The number of thiophene rings is 1. The number of hydrogen-bond acceptors (Lipinski definition) is 7. The zero-order valence-corrected chi connectivity index (χ0v) is 20.6. The van der Waals surface area contributed by atoms with E-state index >= 15 is 0 Å². The SMILES string of the molecule is CCOC(=O)c1c(NC(C)=O)sc2c(OCc3nc(-c4ccc(C)cc4)oc3C)c(C)ccc12. The minimum Gasteiger partial charge on any atom is -0.485 e. The molecule has 1 amide bonds. The van der Waals surface area contributed by atoms with Crippen LogP contribution in [0.2, 0.25) is 0 Å². The van der Waals surface area contributed by atoms with Gasteiger partial charge in [-0.25, -0.2) is 9.78 Å². The molecule has 0 fully saturated rings. The molecule has 8 heteroatoms. The number of oxazole rings is 1. The third-order valence-electron chi connectivity index (χ3n) is 5.32. The highest BCUT2D eigenvalue weighted by Gasteiger charge is 2.24. The number of anilines is 1. The van der Waals surface area contributed by atoms with E-state index in [4.69, 9.17) is 13.9 Å². The molecule has 0 saturated carbocycles. The lowest BCUT2D eigenvalue weighted by Gasteiger charge is -2.09. The van der Waals surface area contributed by atoms with E-state index in [1.807, 2.05) is 57.2 Å². The van der Waals surface area contributed by atoms with Crippen LogP contribution in [0.1, 0.15) is 46.8 Å². The maximum atomic E-state index is 12.7. The van der Waals surface area contributed by atoms with Gasteiger partial charge < -0.3 is 19.2 Å². The van der Waals surface area contributed by atoms with Crippen LogP contribution in [0, 0.1) is 20.8 Å². The Balaban J connectivity index is 1.68. The predicted octanol–water partition coefficient (Wildman–Crippen LogP) is 6.20. The van der Waals surface area contributed by atoms with Gasteiger partial charge in [-0.15, -0.1) is 11.3 Å². The molecule has 4 aromatic rings. The van der Waals surface area contributed by atoms with E-state index in [0.29, 0.717) is 39.0 Å². The summed E-state index contributed by atoms with van der Waals surface area (Å²) in [6.45, 7) is 9.40. The molecular weight excluding hydrogens is 452 g/mol. The highest BCUT2D eigenvalue weighted by molar-refractivity contribution is 7.24. The first-order valence-electron chi connectivity index (χ1n) is 11.0. The van der Waals surface area contributed by atoms with Crippen molar-refractivity contribution in [1.82, 2.24) is 4.98 Å². The first kappa shape index (κ1) is 23.5. The van der Waals surface area contributed by atoms with Gasteiger partial charge in [-0.2, -0.15) is 0 Å². The van der Waals surface area contributed by atoms with Crippen LogP contribution in [0.25, 0.3) is 21.5 Å². The number of nitrogens with one attached hydrogen (secondary N) is 1. The van der Waals surface area contributed by atoms with Crippen LogP contribution in [0.4, 0.5) is 5.00 Å². The van der Waals surface area contributed by atoms with Crippen molar-refractivity contribution in [2.24, 2.45) is 0 Å². The Morgan fingerprint density at radius 1 is 1.09 bits per heavy atom. The Labute approximate surface area is 201 Å². The van der Waals surface area contributed by atoms with Crippen molar-refractivity contribution < 1.29 is 23.5 Å². The van der Waals surface area contributed by atoms with E-state index in [-0.39, 0.29) is 19.1 Å². The van der Waals surface area contributed by atoms with E-state index in [2.05, 4.69) is 10.3 Å². The first-order valence-corrected chi connectivity index (χ1v) is 11.8. The summed E-state index contributed by atoms with van der Waals surface area (Å²) in [4.78, 5) is 29.1. The van der Waals surface area contributed by atoms with Gasteiger partial charge in [0.2, 0.25) is 11.8 Å². The number of aryl methyl sites for hydroxylation is 3. The summed E-state index contributed by atoms with van der Waals surface area (Å²) in [5.74, 6) is 1.10. The maximum absolute atomic E-state index is 12.7. The molecule has 2 aromatic carbocycles. The Morgan fingerprint density at radius 3 is 2.50 bits per heavy atom. The summed E-state index contributed by atoms with van der Waals surface area (Å²) in [5, 5.41) is 3.86. The minimum absolute atomic E-state index is 0.198. The summed E-state index contributed by atoms with van der Waals surface area (Å²) < 4.78 is 18.1. The smallest absolute Gasteiger partial charge is 0.341 e. The average molecular weight is 479 g/mol. The van der Waals surface area contributed by atoms with Crippen LogP contribution >= 0.6 is 11.3 Å². The van der Waals surface area contributed by atoms with Crippen LogP contribution in [-0.2, 0) is 16.1 Å². The first-order chi connectivity index (χ1) is 16.3. The molecule has 0 radical (unpaired) electrons. The Kier molecular flexibility index (Phi) is 6.70. The number of nitrogens with zero attached hydrogens (tertiary/aromatic N) is 1. The van der Waals surface area contributed by atoms with E-state index in [1.165, 1.54) is 18.3 Å². The van der Waals surface area contributed by atoms with Crippen LogP contribution in [0.3, 0.4) is 0 Å². The predicted molar refractivity (Wildman–Crippen MR) is 133 cm³/mol. The van der Waals surface area contributed by atoms with Crippen molar-refractivity contribution in [3.8, 4) is 17.2 Å². The topological polar surface area (TPSA) is 90.7 Å². The minimum atomic E-state index is -0.484. The molecule has 1 N–H and O–H groups in total. The second-order valence-electron chi connectivity index (χ2n) is 7.97. The molecule has 0 unspecified atom stereocenters. The zero-order valence-electron chi connectivity index (χ0n) is 19.8. The fourth-order valence-corrected chi connectivity index (χ4v) is 4.88. The number of carbonyl (C=O) groups excluding carboxylic acids is 2. The van der Waals surface area contributed by atoms with Crippen LogP contribution < -0.4 is 10.1 Å². The van der Waals surface area contributed by atoms with Gasteiger partial charge >= 0.3 is 5.97 Å². The number of aromatic nitrogens is 1. The fraction of sp³-hybridized carbons (Fsp3) is 0.269. The molecule has 0 atom stereocenters. The summed E-state index contributed by atoms with van der Waals surface area (Å²) in [6.07, 6.45) is 0. The van der Waals surface area contributed by atoms with E-state index in [0.717, 1.165) is 21.4 Å². The molecule has 0 aliphatic heterocycles. The van der Waals surface area contributed by atoms with Gasteiger partial charge in [0.15, 0.2) is 0 Å². The molecule has 0 aliphatic carbocycles. The number of benzene rings is 2. The number of esters is 1. The van der Waals surface area contributed by atoms with Crippen molar-refractivity contribution in [2.75, 3.05) is 11.9 Å².